The Morgan fingerprint density at radius 1 is 0.969 bits per heavy atom. The Kier molecular flexibility index (Phi) is 7.68. The molecule has 2 aliphatic rings. The van der Waals surface area contributed by atoms with E-state index in [-0.39, 0.29) is 0 Å². The van der Waals surface area contributed by atoms with Crippen LogP contribution in [0.25, 0.3) is 0 Å². The Labute approximate surface area is 201 Å². The van der Waals surface area contributed by atoms with E-state index in [0.717, 1.165) is 60.2 Å². The molecule has 6 nitrogen and oxygen atoms in total. The van der Waals surface area contributed by atoms with E-state index in [0.29, 0.717) is 17.6 Å². The minimum Gasteiger partial charge on any atom is -0.358 e. The molecule has 0 bridgehead atoms. The summed E-state index contributed by atoms with van der Waals surface area (Å²) in [4.78, 5) is 14.4. The van der Waals surface area contributed by atoms with Crippen LogP contribution in [0.15, 0.2) is 30.3 Å². The highest BCUT2D eigenvalue weighted by atomic mass is 35.5. The van der Waals surface area contributed by atoms with Gasteiger partial charge in [0.1, 0.15) is 11.6 Å². The Bertz CT molecular complexity index is 882. The van der Waals surface area contributed by atoms with Gasteiger partial charge in [0.2, 0.25) is 5.95 Å². The van der Waals surface area contributed by atoms with Crippen molar-refractivity contribution >= 4 is 46.5 Å². The molecule has 32 heavy (non-hydrogen) atoms. The van der Waals surface area contributed by atoms with E-state index in [1.165, 1.54) is 25.7 Å². The van der Waals surface area contributed by atoms with Crippen LogP contribution < -0.4 is 20.4 Å². The van der Waals surface area contributed by atoms with E-state index in [1.807, 2.05) is 24.3 Å². The molecule has 2 fully saturated rings. The highest BCUT2D eigenvalue weighted by molar-refractivity contribution is 7.80. The number of thiocarbonyl (C=S) groups is 1. The summed E-state index contributed by atoms with van der Waals surface area (Å²) >= 11 is 11.8. The predicted molar refractivity (Wildman–Crippen MR) is 138 cm³/mol. The van der Waals surface area contributed by atoms with Crippen molar-refractivity contribution in [2.24, 2.45) is 11.8 Å². The monoisotopic (exact) mass is 472 g/mol. The summed E-state index contributed by atoms with van der Waals surface area (Å²) in [6.45, 7) is 9.33. The lowest BCUT2D eigenvalue weighted by molar-refractivity contribution is 0.433. The summed E-state index contributed by atoms with van der Waals surface area (Å²) in [6.07, 6.45) is 4.78. The molecule has 2 saturated heterocycles. The molecule has 8 heteroatoms. The van der Waals surface area contributed by atoms with E-state index in [9.17, 15) is 0 Å². The maximum absolute atomic E-state index is 6.26. The summed E-state index contributed by atoms with van der Waals surface area (Å²) in [5.41, 5.74) is 0.999. The van der Waals surface area contributed by atoms with Crippen molar-refractivity contribution in [3.8, 4) is 0 Å². The number of benzene rings is 1. The maximum atomic E-state index is 6.26. The summed E-state index contributed by atoms with van der Waals surface area (Å²) in [7, 11) is 0. The number of aromatic nitrogens is 2. The molecule has 2 aliphatic heterocycles. The van der Waals surface area contributed by atoms with Crippen LogP contribution in [0.4, 0.5) is 17.6 Å². The first kappa shape index (κ1) is 23.1. The van der Waals surface area contributed by atoms with Crippen molar-refractivity contribution < 1.29 is 0 Å². The van der Waals surface area contributed by atoms with Crippen molar-refractivity contribution in [2.75, 3.05) is 41.3 Å². The molecular weight excluding hydrogens is 440 g/mol. The summed E-state index contributed by atoms with van der Waals surface area (Å²) in [6, 6.07) is 9.91. The summed E-state index contributed by atoms with van der Waals surface area (Å²) in [5.74, 6) is 4.06. The van der Waals surface area contributed by atoms with E-state index in [1.54, 1.807) is 0 Å². The van der Waals surface area contributed by atoms with Crippen LogP contribution >= 0.6 is 23.8 Å². The van der Waals surface area contributed by atoms with Gasteiger partial charge in [0.05, 0.1) is 0 Å². The van der Waals surface area contributed by atoms with Crippen molar-refractivity contribution in [3.63, 3.8) is 0 Å². The third kappa shape index (κ3) is 6.01. The number of halogens is 1. The fraction of sp³-hybridized carbons (Fsp3) is 0.542. The van der Waals surface area contributed by atoms with Crippen molar-refractivity contribution in [1.29, 1.82) is 0 Å². The van der Waals surface area contributed by atoms with Crippen LogP contribution in [-0.2, 0) is 6.54 Å². The zero-order chi connectivity index (χ0) is 22.5. The Morgan fingerprint density at radius 3 is 2.03 bits per heavy atom. The Balaban J connectivity index is 1.49. The molecule has 4 rings (SSSR count). The number of anilines is 3. The first-order valence-electron chi connectivity index (χ1n) is 11.6. The molecular formula is C24H33ClN6S. The third-order valence-electron chi connectivity index (χ3n) is 6.54. The molecule has 172 valence electrons. The number of hydrogen-bond donors (Lipinski definition) is 2. The second-order valence-corrected chi connectivity index (χ2v) is 9.96. The molecule has 0 spiro atoms. The number of hydrogen-bond acceptors (Lipinski definition) is 5. The van der Waals surface area contributed by atoms with Crippen LogP contribution in [0.5, 0.6) is 0 Å². The second kappa shape index (κ2) is 10.7. The molecule has 1 aromatic carbocycles. The average molecular weight is 473 g/mol. The molecule has 0 amide bonds. The summed E-state index contributed by atoms with van der Waals surface area (Å²) < 4.78 is 0. The van der Waals surface area contributed by atoms with E-state index in [4.69, 9.17) is 33.8 Å². The van der Waals surface area contributed by atoms with Gasteiger partial charge in [0.25, 0.3) is 0 Å². The quantitative estimate of drug-likeness (QED) is 0.588. The average Bonchev–Trinajstić information content (AvgIpc) is 2.79. The number of nitrogens with one attached hydrogen (secondary N) is 2. The van der Waals surface area contributed by atoms with Gasteiger partial charge < -0.3 is 20.4 Å². The summed E-state index contributed by atoms with van der Waals surface area (Å²) in [5, 5.41) is 7.65. The highest BCUT2D eigenvalue weighted by Crippen LogP contribution is 2.28. The lowest BCUT2D eigenvalue weighted by Crippen LogP contribution is -2.36. The Morgan fingerprint density at radius 2 is 1.50 bits per heavy atom. The number of piperidine rings is 2. The van der Waals surface area contributed by atoms with Gasteiger partial charge in [0.15, 0.2) is 5.11 Å². The molecule has 3 heterocycles. The van der Waals surface area contributed by atoms with Crippen LogP contribution in [0.3, 0.4) is 0 Å². The second-order valence-electron chi connectivity index (χ2n) is 9.15. The molecule has 0 saturated carbocycles. The molecule has 2 N–H and O–H groups in total. The van der Waals surface area contributed by atoms with Crippen LogP contribution in [0, 0.1) is 11.8 Å². The van der Waals surface area contributed by atoms with Gasteiger partial charge >= 0.3 is 0 Å². The van der Waals surface area contributed by atoms with Gasteiger partial charge in [-0.1, -0.05) is 43.6 Å². The van der Waals surface area contributed by atoms with E-state index < -0.39 is 0 Å². The number of rotatable bonds is 5. The minimum atomic E-state index is 0.493. The molecule has 0 radical (unpaired) electrons. The minimum absolute atomic E-state index is 0.493. The van der Waals surface area contributed by atoms with Crippen molar-refractivity contribution in [2.45, 2.75) is 46.1 Å². The van der Waals surface area contributed by atoms with Gasteiger partial charge in [-0.3, -0.25) is 0 Å². The molecule has 0 aliphatic carbocycles. The molecule has 0 unspecified atom stereocenters. The lowest BCUT2D eigenvalue weighted by atomic mass is 9.99. The van der Waals surface area contributed by atoms with Gasteiger partial charge in [-0.25, -0.2) is 0 Å². The first-order valence-corrected chi connectivity index (χ1v) is 12.4. The van der Waals surface area contributed by atoms with Gasteiger partial charge in [-0.15, -0.1) is 0 Å². The maximum Gasteiger partial charge on any atom is 0.232 e. The molecule has 0 atom stereocenters. The first-order chi connectivity index (χ1) is 15.5. The lowest BCUT2D eigenvalue weighted by Gasteiger charge is -2.34. The van der Waals surface area contributed by atoms with Gasteiger partial charge in [-0.2, -0.15) is 9.97 Å². The fourth-order valence-electron chi connectivity index (χ4n) is 4.24. The van der Waals surface area contributed by atoms with Crippen molar-refractivity contribution in [3.05, 3.63) is 40.9 Å². The topological polar surface area (TPSA) is 56.3 Å². The third-order valence-corrected chi connectivity index (χ3v) is 7.15. The predicted octanol–water partition coefficient (Wildman–Crippen LogP) is 5.09. The highest BCUT2D eigenvalue weighted by Gasteiger charge is 2.22. The Hall–Kier alpha value is -2.12. The fourth-order valence-corrected chi connectivity index (χ4v) is 4.61. The molecule has 2 aromatic rings. The van der Waals surface area contributed by atoms with Gasteiger partial charge in [-0.05, 0) is 61.4 Å². The van der Waals surface area contributed by atoms with Gasteiger partial charge in [0, 0.05) is 43.8 Å². The van der Waals surface area contributed by atoms with Crippen LogP contribution in [-0.4, -0.2) is 41.3 Å². The normalized spacial score (nSPS) is 18.0. The van der Waals surface area contributed by atoms with Crippen LogP contribution in [0.2, 0.25) is 5.02 Å². The standard InChI is InChI=1S/C24H33ClN6S/c1-17-7-11-30(12-8-17)21-15-22(31-13-9-18(2)10-14-31)28-23(27-21)29-24(32)26-16-19-5-3-4-6-20(19)25/h3-6,15,17-18H,7-14,16H2,1-2H3,(H2,26,27,28,29,32). The van der Waals surface area contributed by atoms with Crippen molar-refractivity contribution in [1.82, 2.24) is 15.3 Å². The van der Waals surface area contributed by atoms with E-state index >= 15 is 0 Å². The van der Waals surface area contributed by atoms with Crippen LogP contribution in [0.1, 0.15) is 45.1 Å². The van der Waals surface area contributed by atoms with E-state index in [2.05, 4.69) is 40.3 Å². The molecule has 1 aromatic heterocycles. The zero-order valence-corrected chi connectivity index (χ0v) is 20.6. The smallest absolute Gasteiger partial charge is 0.232 e. The zero-order valence-electron chi connectivity index (χ0n) is 19.0. The number of nitrogens with zero attached hydrogens (tertiary/aromatic N) is 4. The SMILES string of the molecule is CC1CCN(c2cc(N3CCC(C)CC3)nc(NC(=S)NCc3ccccc3Cl)n2)CC1. The largest absolute Gasteiger partial charge is 0.358 e.